The Hall–Kier alpha value is -1.96. The summed E-state index contributed by atoms with van der Waals surface area (Å²) in [4.78, 5) is 15.8. The van der Waals surface area contributed by atoms with Gasteiger partial charge in [-0.2, -0.15) is 5.10 Å². The first-order valence-electron chi connectivity index (χ1n) is 9.23. The van der Waals surface area contributed by atoms with Crippen LogP contribution in [0.1, 0.15) is 56.1 Å². The van der Waals surface area contributed by atoms with E-state index < -0.39 is 0 Å². The van der Waals surface area contributed by atoms with Crippen molar-refractivity contribution in [1.82, 2.24) is 30.4 Å². The molecule has 0 aliphatic carbocycles. The molecule has 0 aromatic carbocycles. The van der Waals surface area contributed by atoms with Crippen LogP contribution in [-0.4, -0.2) is 57.7 Å². The average molecular weight is 376 g/mol. The van der Waals surface area contributed by atoms with E-state index in [4.69, 9.17) is 4.98 Å². The molecule has 0 radical (unpaired) electrons. The van der Waals surface area contributed by atoms with Crippen LogP contribution in [0, 0.1) is 0 Å². The second-order valence-corrected chi connectivity index (χ2v) is 8.68. The molecule has 26 heavy (non-hydrogen) atoms. The lowest BCUT2D eigenvalue weighted by Crippen LogP contribution is -2.45. The van der Waals surface area contributed by atoms with E-state index in [2.05, 4.69) is 56.5 Å². The zero-order valence-electron chi connectivity index (χ0n) is 16.1. The fourth-order valence-corrected chi connectivity index (χ4v) is 4.18. The minimum Gasteiger partial charge on any atom is -0.356 e. The van der Waals surface area contributed by atoms with Gasteiger partial charge in [0.05, 0.1) is 10.7 Å². The number of H-pyrrole nitrogens is 1. The van der Waals surface area contributed by atoms with Crippen molar-refractivity contribution in [1.29, 1.82) is 0 Å². The summed E-state index contributed by atoms with van der Waals surface area (Å²) in [6.45, 7) is 9.43. The number of nitrogens with zero attached hydrogens (tertiary/aromatic N) is 5. The van der Waals surface area contributed by atoms with Crippen molar-refractivity contribution in [3.05, 3.63) is 28.2 Å². The van der Waals surface area contributed by atoms with Gasteiger partial charge in [-0.05, 0) is 12.8 Å². The molecule has 8 heteroatoms. The van der Waals surface area contributed by atoms with Gasteiger partial charge in [0.15, 0.2) is 5.96 Å². The molecule has 3 rings (SSSR count). The first-order valence-corrected chi connectivity index (χ1v) is 10.1. The van der Waals surface area contributed by atoms with Gasteiger partial charge in [-0.25, -0.2) is 9.97 Å². The largest absolute Gasteiger partial charge is 0.356 e. The summed E-state index contributed by atoms with van der Waals surface area (Å²) in [6.07, 6.45) is 4.65. The Morgan fingerprint density at radius 1 is 1.38 bits per heavy atom. The molecule has 2 aromatic heterocycles. The average Bonchev–Trinajstić information content (AvgIpc) is 3.30. The maximum Gasteiger partial charge on any atom is 0.193 e. The standard InChI is InChI=1S/C18H29N7S/c1-18(2,3)14-11-26-15(23-14)5-8-20-17(19-4)25-9-6-13(7-10-25)16-21-12-22-24-16/h11-13H,5-10H2,1-4H3,(H,19,20)(H,21,22,24). The fourth-order valence-electron chi connectivity index (χ4n) is 3.16. The number of aromatic amines is 1. The van der Waals surface area contributed by atoms with Crippen molar-refractivity contribution >= 4 is 17.3 Å². The van der Waals surface area contributed by atoms with Crippen LogP contribution < -0.4 is 5.32 Å². The van der Waals surface area contributed by atoms with Crippen LogP contribution in [0.15, 0.2) is 16.7 Å². The number of thiazole rings is 1. The van der Waals surface area contributed by atoms with Gasteiger partial charge in [-0.3, -0.25) is 10.1 Å². The molecule has 1 saturated heterocycles. The van der Waals surface area contributed by atoms with Gasteiger partial charge in [0.1, 0.15) is 12.2 Å². The van der Waals surface area contributed by atoms with Crippen LogP contribution in [0.25, 0.3) is 0 Å². The van der Waals surface area contributed by atoms with Gasteiger partial charge >= 0.3 is 0 Å². The van der Waals surface area contributed by atoms with E-state index in [1.54, 1.807) is 17.7 Å². The maximum absolute atomic E-state index is 4.76. The third-order valence-corrected chi connectivity index (χ3v) is 5.68. The molecule has 1 fully saturated rings. The molecule has 0 atom stereocenters. The van der Waals surface area contributed by atoms with Crippen LogP contribution in [0.2, 0.25) is 0 Å². The molecule has 2 aromatic rings. The molecule has 1 aliphatic rings. The minimum atomic E-state index is 0.117. The van der Waals surface area contributed by atoms with Crippen molar-refractivity contribution in [2.75, 3.05) is 26.7 Å². The molecule has 142 valence electrons. The number of rotatable bonds is 4. The predicted octanol–water partition coefficient (Wildman–Crippen LogP) is 2.56. The van der Waals surface area contributed by atoms with Gasteiger partial charge in [-0.1, -0.05) is 20.8 Å². The first-order chi connectivity index (χ1) is 12.5. The number of aliphatic imine (C=N–C) groups is 1. The van der Waals surface area contributed by atoms with Gasteiger partial charge < -0.3 is 10.2 Å². The van der Waals surface area contributed by atoms with E-state index in [0.29, 0.717) is 5.92 Å². The van der Waals surface area contributed by atoms with Crippen LogP contribution in [0.3, 0.4) is 0 Å². The lowest BCUT2D eigenvalue weighted by atomic mass is 9.93. The Bertz CT molecular complexity index is 706. The quantitative estimate of drug-likeness (QED) is 0.634. The summed E-state index contributed by atoms with van der Waals surface area (Å²) in [5.74, 6) is 2.46. The molecule has 0 bridgehead atoms. The first kappa shape index (κ1) is 18.8. The molecule has 3 heterocycles. The summed E-state index contributed by atoms with van der Waals surface area (Å²) in [7, 11) is 1.85. The van der Waals surface area contributed by atoms with Crippen molar-refractivity contribution in [3.8, 4) is 0 Å². The highest BCUT2D eigenvalue weighted by Gasteiger charge is 2.24. The number of aromatic nitrogens is 4. The summed E-state index contributed by atoms with van der Waals surface area (Å²) in [6, 6.07) is 0. The van der Waals surface area contributed by atoms with Gasteiger partial charge in [0.25, 0.3) is 0 Å². The lowest BCUT2D eigenvalue weighted by Gasteiger charge is -2.33. The second kappa shape index (κ2) is 8.16. The Morgan fingerprint density at radius 3 is 2.73 bits per heavy atom. The van der Waals surface area contributed by atoms with Crippen LogP contribution >= 0.6 is 11.3 Å². The van der Waals surface area contributed by atoms with Crippen LogP contribution in [-0.2, 0) is 11.8 Å². The summed E-state index contributed by atoms with van der Waals surface area (Å²) < 4.78 is 0. The minimum absolute atomic E-state index is 0.117. The topological polar surface area (TPSA) is 82.1 Å². The Balaban J connectivity index is 1.46. The highest BCUT2D eigenvalue weighted by Crippen LogP contribution is 2.25. The molecular formula is C18H29N7S. The zero-order chi connectivity index (χ0) is 18.6. The van der Waals surface area contributed by atoms with Crippen molar-refractivity contribution in [3.63, 3.8) is 0 Å². The third kappa shape index (κ3) is 4.60. The van der Waals surface area contributed by atoms with E-state index >= 15 is 0 Å². The number of likely N-dealkylation sites (tertiary alicyclic amines) is 1. The van der Waals surface area contributed by atoms with Crippen molar-refractivity contribution in [2.24, 2.45) is 4.99 Å². The normalized spacial score (nSPS) is 16.9. The Kier molecular flexibility index (Phi) is 5.90. The van der Waals surface area contributed by atoms with E-state index in [0.717, 1.165) is 50.7 Å². The molecule has 0 spiro atoms. The third-order valence-electron chi connectivity index (χ3n) is 4.77. The Labute approximate surface area is 159 Å². The number of piperidine rings is 1. The Morgan fingerprint density at radius 2 is 2.15 bits per heavy atom. The summed E-state index contributed by atoms with van der Waals surface area (Å²) in [5.41, 5.74) is 1.29. The zero-order valence-corrected chi connectivity index (χ0v) is 16.9. The van der Waals surface area contributed by atoms with Crippen LogP contribution in [0.4, 0.5) is 0 Å². The number of guanidine groups is 1. The number of hydrogen-bond donors (Lipinski definition) is 2. The highest BCUT2D eigenvalue weighted by atomic mass is 32.1. The fraction of sp³-hybridized carbons (Fsp3) is 0.667. The highest BCUT2D eigenvalue weighted by molar-refractivity contribution is 7.09. The van der Waals surface area contributed by atoms with Gasteiger partial charge in [-0.15, -0.1) is 11.3 Å². The van der Waals surface area contributed by atoms with Gasteiger partial charge in [0, 0.05) is 49.8 Å². The SMILES string of the molecule is CN=C(NCCc1nc(C(C)(C)C)cs1)N1CCC(c2ncn[nH]2)CC1. The molecule has 0 saturated carbocycles. The van der Waals surface area contributed by atoms with Crippen molar-refractivity contribution < 1.29 is 0 Å². The number of nitrogens with one attached hydrogen (secondary N) is 2. The smallest absolute Gasteiger partial charge is 0.193 e. The summed E-state index contributed by atoms with van der Waals surface area (Å²) >= 11 is 1.75. The molecule has 2 N–H and O–H groups in total. The molecule has 0 unspecified atom stereocenters. The second-order valence-electron chi connectivity index (χ2n) is 7.73. The lowest BCUT2D eigenvalue weighted by molar-refractivity contribution is 0.299. The van der Waals surface area contributed by atoms with E-state index in [9.17, 15) is 0 Å². The number of hydrogen-bond acceptors (Lipinski definition) is 5. The molecule has 7 nitrogen and oxygen atoms in total. The molecular weight excluding hydrogens is 346 g/mol. The predicted molar refractivity (Wildman–Crippen MR) is 106 cm³/mol. The van der Waals surface area contributed by atoms with Crippen LogP contribution in [0.5, 0.6) is 0 Å². The van der Waals surface area contributed by atoms with E-state index in [1.165, 1.54) is 10.7 Å². The maximum atomic E-state index is 4.76. The summed E-state index contributed by atoms with van der Waals surface area (Å²) in [5, 5.41) is 13.8. The molecule has 0 amide bonds. The van der Waals surface area contributed by atoms with E-state index in [1.807, 2.05) is 7.05 Å². The van der Waals surface area contributed by atoms with E-state index in [-0.39, 0.29) is 5.41 Å². The molecule has 1 aliphatic heterocycles. The monoisotopic (exact) mass is 375 g/mol. The van der Waals surface area contributed by atoms with Gasteiger partial charge in [0.2, 0.25) is 0 Å². The van der Waals surface area contributed by atoms with Crippen molar-refractivity contribution in [2.45, 2.75) is 51.4 Å².